The molecule has 1 atom stereocenters. The van der Waals surface area contributed by atoms with E-state index in [2.05, 4.69) is 19.8 Å². The predicted octanol–water partition coefficient (Wildman–Crippen LogP) is 1.38. The van der Waals surface area contributed by atoms with Gasteiger partial charge in [0.2, 0.25) is 0 Å². The minimum absolute atomic E-state index is 0.136. The van der Waals surface area contributed by atoms with Gasteiger partial charge in [-0.25, -0.2) is 9.97 Å². The Morgan fingerprint density at radius 3 is 2.67 bits per heavy atom. The molecule has 30 heavy (non-hydrogen) atoms. The van der Waals surface area contributed by atoms with Crippen molar-refractivity contribution in [2.45, 2.75) is 25.0 Å². The second-order valence-electron chi connectivity index (χ2n) is 8.26. The van der Waals surface area contributed by atoms with Gasteiger partial charge in [0.1, 0.15) is 12.1 Å². The number of hydrogen-bond acceptors (Lipinski definition) is 8. The van der Waals surface area contributed by atoms with Crippen LogP contribution in [-0.4, -0.2) is 84.7 Å². The Kier molecular flexibility index (Phi) is 7.47. The molecule has 0 amide bonds. The van der Waals surface area contributed by atoms with E-state index in [4.69, 9.17) is 9.84 Å². The zero-order valence-corrected chi connectivity index (χ0v) is 18.2. The summed E-state index contributed by atoms with van der Waals surface area (Å²) in [6.07, 6.45) is 4.71. The summed E-state index contributed by atoms with van der Waals surface area (Å²) in [5, 5.41) is 20.0. The summed E-state index contributed by atoms with van der Waals surface area (Å²) in [6.45, 7) is 3.32. The van der Waals surface area contributed by atoms with Crippen molar-refractivity contribution in [3.8, 4) is 5.75 Å². The van der Waals surface area contributed by atoms with Crippen LogP contribution < -0.4 is 14.5 Å². The highest BCUT2D eigenvalue weighted by molar-refractivity contribution is 5.66. The van der Waals surface area contributed by atoms with Crippen molar-refractivity contribution in [1.82, 2.24) is 14.9 Å². The summed E-state index contributed by atoms with van der Waals surface area (Å²) in [7, 11) is 5.96. The number of aliphatic hydroxyl groups is 2. The van der Waals surface area contributed by atoms with Crippen LogP contribution in [0.3, 0.4) is 0 Å². The van der Waals surface area contributed by atoms with Crippen molar-refractivity contribution in [1.29, 1.82) is 0 Å². The maximum atomic E-state index is 11.2. The van der Waals surface area contributed by atoms with Crippen molar-refractivity contribution >= 4 is 11.5 Å². The third-order valence-electron chi connectivity index (χ3n) is 5.28. The minimum atomic E-state index is -0.776. The fraction of sp³-hybridized carbons (Fsp3) is 0.545. The molecule has 2 heterocycles. The molecule has 1 aromatic carbocycles. The van der Waals surface area contributed by atoms with E-state index in [-0.39, 0.29) is 6.61 Å². The molecule has 1 aromatic heterocycles. The molecule has 0 unspecified atom stereocenters. The number of nitrogens with zero attached hydrogens (tertiary/aromatic N) is 5. The average Bonchev–Trinajstić information content (AvgIpc) is 3.10. The summed E-state index contributed by atoms with van der Waals surface area (Å²) in [5.41, 5.74) is 1.34. The Bertz CT molecular complexity index is 802. The van der Waals surface area contributed by atoms with Crippen LogP contribution in [0, 0.1) is 0 Å². The van der Waals surface area contributed by atoms with Gasteiger partial charge in [-0.3, -0.25) is 4.90 Å². The summed E-state index contributed by atoms with van der Waals surface area (Å²) < 4.78 is 5.58. The molecule has 0 aliphatic carbocycles. The van der Waals surface area contributed by atoms with Gasteiger partial charge in [-0.1, -0.05) is 12.1 Å². The quantitative estimate of drug-likeness (QED) is 0.563. The van der Waals surface area contributed by atoms with Crippen LogP contribution in [0.2, 0.25) is 0 Å². The SMILES string of the molecule is CN(Cc1ccc(OCCCO)cc1)C[C@@]1(O)CCN(c2cncnc2N(C)C)C1. The van der Waals surface area contributed by atoms with Crippen molar-refractivity contribution < 1.29 is 14.9 Å². The van der Waals surface area contributed by atoms with E-state index in [1.54, 1.807) is 6.33 Å². The molecule has 1 aliphatic heterocycles. The predicted molar refractivity (Wildman–Crippen MR) is 118 cm³/mol. The molecule has 164 valence electrons. The zero-order chi connectivity index (χ0) is 21.6. The van der Waals surface area contributed by atoms with E-state index >= 15 is 0 Å². The molecule has 0 spiro atoms. The highest BCUT2D eigenvalue weighted by atomic mass is 16.5. The van der Waals surface area contributed by atoms with Gasteiger partial charge in [0.25, 0.3) is 0 Å². The maximum absolute atomic E-state index is 11.2. The summed E-state index contributed by atoms with van der Waals surface area (Å²) in [4.78, 5) is 14.8. The van der Waals surface area contributed by atoms with Crippen molar-refractivity contribution in [2.75, 3.05) is 63.8 Å². The molecule has 8 heteroatoms. The Morgan fingerprint density at radius 1 is 1.20 bits per heavy atom. The molecule has 2 N–H and O–H groups in total. The van der Waals surface area contributed by atoms with Crippen LogP contribution in [0.5, 0.6) is 5.75 Å². The summed E-state index contributed by atoms with van der Waals surface area (Å²) >= 11 is 0. The van der Waals surface area contributed by atoms with E-state index < -0.39 is 5.60 Å². The molecule has 1 fully saturated rings. The Morgan fingerprint density at radius 2 is 1.97 bits per heavy atom. The van der Waals surface area contributed by atoms with E-state index in [0.717, 1.165) is 35.9 Å². The van der Waals surface area contributed by atoms with E-state index in [0.29, 0.717) is 32.5 Å². The van der Waals surface area contributed by atoms with Crippen molar-refractivity contribution in [3.05, 3.63) is 42.4 Å². The molecular formula is C22H33N5O3. The number of rotatable bonds is 10. The number of β-amino-alcohol motifs (C(OH)–C–C–N with tert-alkyl or cyclic N) is 1. The third kappa shape index (κ3) is 5.81. The molecule has 1 aliphatic rings. The third-order valence-corrected chi connectivity index (χ3v) is 5.28. The van der Waals surface area contributed by atoms with Gasteiger partial charge in [-0.05, 0) is 31.2 Å². The number of ether oxygens (including phenoxy) is 1. The number of likely N-dealkylation sites (N-methyl/N-ethyl adjacent to an activating group) is 1. The van der Waals surface area contributed by atoms with E-state index in [9.17, 15) is 5.11 Å². The van der Waals surface area contributed by atoms with E-state index in [1.165, 1.54) is 0 Å². The number of aliphatic hydroxyl groups excluding tert-OH is 1. The number of aromatic nitrogens is 2. The average molecular weight is 416 g/mol. The van der Waals surface area contributed by atoms with Crippen LogP contribution in [0.15, 0.2) is 36.8 Å². The first-order valence-electron chi connectivity index (χ1n) is 10.4. The lowest BCUT2D eigenvalue weighted by Crippen LogP contribution is -2.43. The molecule has 2 aromatic rings. The Labute approximate surface area is 178 Å². The fourth-order valence-corrected chi connectivity index (χ4v) is 3.89. The standard InChI is InChI=1S/C22H33N5O3/c1-25(2)21-20(13-23-17-24-21)27-10-9-22(29,16-27)15-26(3)14-18-5-7-19(8-6-18)30-12-4-11-28/h5-8,13,17,28-29H,4,9-12,14-16H2,1-3H3/t22-/m0/s1. The normalized spacial score (nSPS) is 18.8. The molecule has 8 nitrogen and oxygen atoms in total. The van der Waals surface area contributed by atoms with Gasteiger partial charge in [0.05, 0.1) is 24.1 Å². The molecule has 0 saturated carbocycles. The van der Waals surface area contributed by atoms with E-state index in [1.807, 2.05) is 56.5 Å². The largest absolute Gasteiger partial charge is 0.494 e. The van der Waals surface area contributed by atoms with Crippen molar-refractivity contribution in [2.24, 2.45) is 0 Å². The maximum Gasteiger partial charge on any atom is 0.155 e. The van der Waals surface area contributed by atoms with Crippen LogP contribution in [0.4, 0.5) is 11.5 Å². The summed E-state index contributed by atoms with van der Waals surface area (Å²) in [6, 6.07) is 7.98. The van der Waals surface area contributed by atoms with Gasteiger partial charge < -0.3 is 24.7 Å². The highest BCUT2D eigenvalue weighted by Crippen LogP contribution is 2.32. The second-order valence-corrected chi connectivity index (χ2v) is 8.26. The van der Waals surface area contributed by atoms with Gasteiger partial charge in [0, 0.05) is 53.3 Å². The monoisotopic (exact) mass is 415 g/mol. The smallest absolute Gasteiger partial charge is 0.155 e. The van der Waals surface area contributed by atoms with Crippen LogP contribution in [0.25, 0.3) is 0 Å². The lowest BCUT2D eigenvalue weighted by molar-refractivity contribution is 0.0279. The number of anilines is 2. The topological polar surface area (TPSA) is 85.2 Å². The highest BCUT2D eigenvalue weighted by Gasteiger charge is 2.38. The van der Waals surface area contributed by atoms with Crippen LogP contribution in [-0.2, 0) is 6.54 Å². The van der Waals surface area contributed by atoms with Gasteiger partial charge in [-0.2, -0.15) is 0 Å². The first-order valence-corrected chi connectivity index (χ1v) is 10.4. The van der Waals surface area contributed by atoms with Gasteiger partial charge >= 0.3 is 0 Å². The lowest BCUT2D eigenvalue weighted by atomic mass is 10.0. The second kappa shape index (κ2) is 10.1. The Hall–Kier alpha value is -2.42. The van der Waals surface area contributed by atoms with Crippen LogP contribution in [0.1, 0.15) is 18.4 Å². The van der Waals surface area contributed by atoms with Gasteiger partial charge in [0.15, 0.2) is 5.82 Å². The number of benzene rings is 1. The molecule has 3 rings (SSSR count). The van der Waals surface area contributed by atoms with Crippen molar-refractivity contribution in [3.63, 3.8) is 0 Å². The Balaban J connectivity index is 1.55. The minimum Gasteiger partial charge on any atom is -0.494 e. The molecular weight excluding hydrogens is 382 g/mol. The summed E-state index contributed by atoms with van der Waals surface area (Å²) in [5.74, 6) is 1.67. The number of hydrogen-bond donors (Lipinski definition) is 2. The first kappa shape index (κ1) is 22.3. The lowest BCUT2D eigenvalue weighted by Gasteiger charge is -2.30. The molecule has 1 saturated heterocycles. The first-order chi connectivity index (χ1) is 14.4. The fourth-order valence-electron chi connectivity index (χ4n) is 3.89. The zero-order valence-electron chi connectivity index (χ0n) is 18.2. The molecule has 0 bridgehead atoms. The van der Waals surface area contributed by atoms with Crippen LogP contribution >= 0.6 is 0 Å². The van der Waals surface area contributed by atoms with Gasteiger partial charge in [-0.15, -0.1) is 0 Å². The molecule has 0 radical (unpaired) electrons.